The normalized spacial score (nSPS) is 18.2. The van der Waals surface area contributed by atoms with Gasteiger partial charge in [0, 0.05) is 45.1 Å². The minimum absolute atomic E-state index is 0.0717. The lowest BCUT2D eigenvalue weighted by Gasteiger charge is -2.39. The molecule has 0 atom stereocenters. The van der Waals surface area contributed by atoms with Crippen molar-refractivity contribution in [3.05, 3.63) is 50.9 Å². The van der Waals surface area contributed by atoms with Gasteiger partial charge in [0.2, 0.25) is 11.8 Å². The van der Waals surface area contributed by atoms with Crippen LogP contribution in [-0.4, -0.2) is 53.6 Å². The Morgan fingerprint density at radius 1 is 1.00 bits per heavy atom. The number of thiophene rings is 2. The molecule has 2 aromatic heterocycles. The van der Waals surface area contributed by atoms with Crippen LogP contribution in [0.5, 0.6) is 0 Å². The van der Waals surface area contributed by atoms with E-state index >= 15 is 0 Å². The van der Waals surface area contributed by atoms with Gasteiger partial charge in [-0.25, -0.2) is 0 Å². The Labute approximate surface area is 191 Å². The maximum Gasteiger partial charge on any atom is 0.246 e. The van der Waals surface area contributed by atoms with Gasteiger partial charge in [-0.3, -0.25) is 14.4 Å². The average Bonchev–Trinajstić information content (AvgIpc) is 3.54. The number of piperidine rings is 1. The van der Waals surface area contributed by atoms with Crippen LogP contribution in [-0.2, 0) is 9.59 Å². The zero-order valence-corrected chi connectivity index (χ0v) is 19.3. The number of hydrogen-bond donors (Lipinski definition) is 0. The molecule has 2 aliphatic heterocycles. The van der Waals surface area contributed by atoms with Gasteiger partial charge in [-0.2, -0.15) is 11.3 Å². The highest BCUT2D eigenvalue weighted by atomic mass is 32.1. The van der Waals surface area contributed by atoms with Crippen molar-refractivity contribution in [1.29, 1.82) is 0 Å². The van der Waals surface area contributed by atoms with Crippen molar-refractivity contribution in [2.45, 2.75) is 38.5 Å². The number of ketones is 1. The zero-order chi connectivity index (χ0) is 21.7. The van der Waals surface area contributed by atoms with E-state index < -0.39 is 0 Å². The van der Waals surface area contributed by atoms with Gasteiger partial charge in [0.05, 0.1) is 4.88 Å². The Morgan fingerprint density at radius 3 is 2.45 bits per heavy atom. The summed E-state index contributed by atoms with van der Waals surface area (Å²) in [5, 5.41) is 5.93. The molecule has 164 valence electrons. The second-order valence-corrected chi connectivity index (χ2v) is 10.3. The molecule has 2 amide bonds. The summed E-state index contributed by atoms with van der Waals surface area (Å²) in [6.07, 6.45) is 7.94. The Hall–Kier alpha value is -2.25. The fourth-order valence-corrected chi connectivity index (χ4v) is 5.84. The summed E-state index contributed by atoms with van der Waals surface area (Å²) in [7, 11) is 0. The minimum atomic E-state index is 0.0717. The van der Waals surface area contributed by atoms with Gasteiger partial charge in [-0.1, -0.05) is 6.07 Å². The Kier molecular flexibility index (Phi) is 7.02. The second kappa shape index (κ2) is 9.92. The van der Waals surface area contributed by atoms with Crippen molar-refractivity contribution in [2.24, 2.45) is 5.41 Å². The molecule has 4 rings (SSSR count). The fourth-order valence-electron chi connectivity index (χ4n) is 4.52. The molecule has 1 spiro atoms. The SMILES string of the molecule is O=C(CCCC(=O)N1CCC2(CCN(C(=O)C=Cc3ccsc3)CC2)C1)c1cccs1. The van der Waals surface area contributed by atoms with Crippen molar-refractivity contribution in [3.8, 4) is 0 Å². The van der Waals surface area contributed by atoms with Crippen LogP contribution in [0.3, 0.4) is 0 Å². The van der Waals surface area contributed by atoms with Crippen molar-refractivity contribution >= 4 is 46.3 Å². The highest BCUT2D eigenvalue weighted by molar-refractivity contribution is 7.12. The molecule has 0 aromatic carbocycles. The summed E-state index contributed by atoms with van der Waals surface area (Å²) in [6, 6.07) is 5.72. The first kappa shape index (κ1) is 22.0. The maximum atomic E-state index is 12.7. The molecule has 0 N–H and O–H groups in total. The predicted molar refractivity (Wildman–Crippen MR) is 125 cm³/mol. The molecule has 2 saturated heterocycles. The monoisotopic (exact) mass is 456 g/mol. The molecule has 2 aliphatic rings. The molecule has 0 saturated carbocycles. The summed E-state index contributed by atoms with van der Waals surface area (Å²) in [5.41, 5.74) is 1.21. The fraction of sp³-hybridized carbons (Fsp3) is 0.458. The highest BCUT2D eigenvalue weighted by Crippen LogP contribution is 2.40. The number of Topliss-reactive ketones (excluding diaryl/α,β-unsaturated/α-hetero) is 1. The molecule has 0 bridgehead atoms. The average molecular weight is 457 g/mol. The van der Waals surface area contributed by atoms with Gasteiger partial charge in [0.25, 0.3) is 0 Å². The molecule has 7 heteroatoms. The summed E-state index contributed by atoms with van der Waals surface area (Å²) >= 11 is 3.08. The lowest BCUT2D eigenvalue weighted by atomic mass is 9.78. The van der Waals surface area contributed by atoms with Gasteiger partial charge in [-0.05, 0) is 71.0 Å². The largest absolute Gasteiger partial charge is 0.342 e. The van der Waals surface area contributed by atoms with Crippen molar-refractivity contribution in [1.82, 2.24) is 9.80 Å². The van der Waals surface area contributed by atoms with E-state index in [1.165, 1.54) is 11.3 Å². The maximum absolute atomic E-state index is 12.7. The van der Waals surface area contributed by atoms with Crippen LogP contribution in [0.15, 0.2) is 40.4 Å². The van der Waals surface area contributed by atoms with Gasteiger partial charge < -0.3 is 9.80 Å². The van der Waals surface area contributed by atoms with Crippen LogP contribution in [0, 0.1) is 5.41 Å². The molecule has 2 fully saturated rings. The van der Waals surface area contributed by atoms with Crippen molar-refractivity contribution in [3.63, 3.8) is 0 Å². The third-order valence-electron chi connectivity index (χ3n) is 6.48. The van der Waals surface area contributed by atoms with Gasteiger partial charge in [-0.15, -0.1) is 11.3 Å². The molecule has 31 heavy (non-hydrogen) atoms. The molecular formula is C24H28N2O3S2. The number of likely N-dealkylation sites (tertiary alicyclic amines) is 2. The first-order valence-corrected chi connectivity index (χ1v) is 12.7. The van der Waals surface area contributed by atoms with Crippen LogP contribution < -0.4 is 0 Å². The van der Waals surface area contributed by atoms with Crippen molar-refractivity contribution < 1.29 is 14.4 Å². The van der Waals surface area contributed by atoms with E-state index in [0.29, 0.717) is 19.3 Å². The number of amides is 2. The standard InChI is InChI=1S/C24H28N2O3S2/c27-20(21-4-2-15-31-21)3-1-5-22(28)26-14-11-24(18-26)9-12-25(13-10-24)23(29)7-6-19-8-16-30-17-19/h2,4,6-8,15-17H,1,3,5,9-14,18H2. The minimum Gasteiger partial charge on any atom is -0.342 e. The Morgan fingerprint density at radius 2 is 1.77 bits per heavy atom. The number of rotatable bonds is 7. The summed E-state index contributed by atoms with van der Waals surface area (Å²) in [4.78, 5) is 41.9. The van der Waals surface area contributed by atoms with Crippen LogP contribution in [0.4, 0.5) is 0 Å². The Bertz CT molecular complexity index is 926. The zero-order valence-electron chi connectivity index (χ0n) is 17.6. The molecule has 5 nitrogen and oxygen atoms in total. The molecular weight excluding hydrogens is 428 g/mol. The van der Waals surface area contributed by atoms with Crippen LogP contribution in [0.25, 0.3) is 6.08 Å². The summed E-state index contributed by atoms with van der Waals surface area (Å²) in [6.45, 7) is 3.09. The molecule has 4 heterocycles. The van der Waals surface area contributed by atoms with E-state index in [0.717, 1.165) is 55.9 Å². The first-order chi connectivity index (χ1) is 15.0. The van der Waals surface area contributed by atoms with E-state index in [2.05, 4.69) is 0 Å². The van der Waals surface area contributed by atoms with Gasteiger partial charge in [0.1, 0.15) is 0 Å². The topological polar surface area (TPSA) is 57.7 Å². The lowest BCUT2D eigenvalue weighted by molar-refractivity contribution is -0.132. The third kappa shape index (κ3) is 5.52. The quantitative estimate of drug-likeness (QED) is 0.448. The summed E-state index contributed by atoms with van der Waals surface area (Å²) in [5.74, 6) is 0.362. The number of hydrogen-bond acceptors (Lipinski definition) is 5. The molecule has 0 aliphatic carbocycles. The van der Waals surface area contributed by atoms with E-state index in [1.54, 1.807) is 17.4 Å². The highest BCUT2D eigenvalue weighted by Gasteiger charge is 2.42. The van der Waals surface area contributed by atoms with E-state index in [-0.39, 0.29) is 23.0 Å². The van der Waals surface area contributed by atoms with Crippen molar-refractivity contribution in [2.75, 3.05) is 26.2 Å². The van der Waals surface area contributed by atoms with E-state index in [1.807, 2.05) is 50.2 Å². The van der Waals surface area contributed by atoms with Crippen LogP contribution in [0.2, 0.25) is 0 Å². The third-order valence-corrected chi connectivity index (χ3v) is 8.09. The van der Waals surface area contributed by atoms with E-state index in [9.17, 15) is 14.4 Å². The van der Waals surface area contributed by atoms with Crippen LogP contribution >= 0.6 is 22.7 Å². The molecule has 2 aromatic rings. The Balaban J connectivity index is 1.20. The van der Waals surface area contributed by atoms with Gasteiger partial charge >= 0.3 is 0 Å². The van der Waals surface area contributed by atoms with E-state index in [4.69, 9.17) is 0 Å². The smallest absolute Gasteiger partial charge is 0.246 e. The second-order valence-electron chi connectivity index (χ2n) is 8.53. The van der Waals surface area contributed by atoms with Crippen LogP contribution in [0.1, 0.15) is 53.8 Å². The number of nitrogens with zero attached hydrogens (tertiary/aromatic N) is 2. The van der Waals surface area contributed by atoms with Gasteiger partial charge in [0.15, 0.2) is 5.78 Å². The molecule has 0 radical (unpaired) electrons. The predicted octanol–water partition coefficient (Wildman–Crippen LogP) is 4.72. The molecule has 0 unspecified atom stereocenters. The number of carbonyl (C=O) groups is 3. The first-order valence-electron chi connectivity index (χ1n) is 10.9. The number of carbonyl (C=O) groups excluding carboxylic acids is 3. The lowest BCUT2D eigenvalue weighted by Crippen LogP contribution is -2.44. The summed E-state index contributed by atoms with van der Waals surface area (Å²) < 4.78 is 0.